The van der Waals surface area contributed by atoms with Crippen LogP contribution in [0.2, 0.25) is 0 Å². The SMILES string of the molecule is COC(=O)CCCOc1ccc(-c2ccc(-c3ncc[nH]3)cc2)cc1. The molecule has 0 bridgehead atoms. The number of rotatable bonds is 7. The van der Waals surface area contributed by atoms with E-state index in [9.17, 15) is 4.79 Å². The Labute approximate surface area is 146 Å². The second-order valence-corrected chi connectivity index (χ2v) is 5.57. The van der Waals surface area contributed by atoms with Crippen LogP contribution in [0.1, 0.15) is 12.8 Å². The molecule has 0 amide bonds. The zero-order chi connectivity index (χ0) is 17.5. The lowest BCUT2D eigenvalue weighted by atomic mass is 10.0. The second kappa shape index (κ2) is 8.15. The Bertz CT molecular complexity index is 794. The van der Waals surface area contributed by atoms with E-state index < -0.39 is 0 Å². The number of hydrogen-bond donors (Lipinski definition) is 1. The van der Waals surface area contributed by atoms with Gasteiger partial charge in [0.2, 0.25) is 0 Å². The number of methoxy groups -OCH3 is 1. The van der Waals surface area contributed by atoms with Gasteiger partial charge in [0.1, 0.15) is 11.6 Å². The van der Waals surface area contributed by atoms with E-state index in [0.717, 1.165) is 28.3 Å². The molecule has 25 heavy (non-hydrogen) atoms. The molecule has 3 aromatic rings. The van der Waals surface area contributed by atoms with Gasteiger partial charge in [-0.3, -0.25) is 4.79 Å². The van der Waals surface area contributed by atoms with Crippen LogP contribution in [-0.4, -0.2) is 29.7 Å². The van der Waals surface area contributed by atoms with E-state index in [1.807, 2.05) is 42.6 Å². The van der Waals surface area contributed by atoms with Crippen molar-refractivity contribution >= 4 is 5.97 Å². The second-order valence-electron chi connectivity index (χ2n) is 5.57. The lowest BCUT2D eigenvalue weighted by Gasteiger charge is -2.07. The fourth-order valence-corrected chi connectivity index (χ4v) is 2.50. The molecule has 0 saturated carbocycles. The fraction of sp³-hybridized carbons (Fsp3) is 0.200. The maximum absolute atomic E-state index is 11.0. The summed E-state index contributed by atoms with van der Waals surface area (Å²) in [7, 11) is 1.39. The molecule has 0 aliphatic heterocycles. The van der Waals surface area contributed by atoms with Crippen molar-refractivity contribution in [3.63, 3.8) is 0 Å². The molecule has 0 saturated heterocycles. The topological polar surface area (TPSA) is 64.2 Å². The van der Waals surface area contributed by atoms with Crippen LogP contribution in [0.4, 0.5) is 0 Å². The van der Waals surface area contributed by atoms with Crippen molar-refractivity contribution < 1.29 is 14.3 Å². The number of ether oxygens (including phenoxy) is 2. The van der Waals surface area contributed by atoms with Gasteiger partial charge in [0.15, 0.2) is 0 Å². The normalized spacial score (nSPS) is 10.4. The van der Waals surface area contributed by atoms with Crippen molar-refractivity contribution in [3.05, 3.63) is 60.9 Å². The van der Waals surface area contributed by atoms with Crippen LogP contribution in [0.15, 0.2) is 60.9 Å². The third kappa shape index (κ3) is 4.47. The van der Waals surface area contributed by atoms with E-state index in [4.69, 9.17) is 4.74 Å². The molecule has 0 aliphatic carbocycles. The molecule has 0 atom stereocenters. The van der Waals surface area contributed by atoms with Gasteiger partial charge in [0.05, 0.1) is 13.7 Å². The molecule has 2 aromatic carbocycles. The average molecular weight is 336 g/mol. The summed E-state index contributed by atoms with van der Waals surface area (Å²) < 4.78 is 10.2. The third-order valence-electron chi connectivity index (χ3n) is 3.87. The molecule has 0 unspecified atom stereocenters. The van der Waals surface area contributed by atoms with E-state index in [2.05, 4.69) is 26.8 Å². The van der Waals surface area contributed by atoms with Crippen LogP contribution in [0, 0.1) is 0 Å². The lowest BCUT2D eigenvalue weighted by molar-refractivity contribution is -0.140. The lowest BCUT2D eigenvalue weighted by Crippen LogP contribution is -2.04. The van der Waals surface area contributed by atoms with Gasteiger partial charge in [-0.25, -0.2) is 4.98 Å². The summed E-state index contributed by atoms with van der Waals surface area (Å²) in [6.45, 7) is 0.492. The summed E-state index contributed by atoms with van der Waals surface area (Å²) in [4.78, 5) is 18.4. The van der Waals surface area contributed by atoms with Crippen LogP contribution < -0.4 is 4.74 Å². The Hall–Kier alpha value is -3.08. The number of H-pyrrole nitrogens is 1. The molecule has 0 radical (unpaired) electrons. The molecule has 3 rings (SSSR count). The number of carbonyl (C=O) groups excluding carboxylic acids is 1. The van der Waals surface area contributed by atoms with Crippen LogP contribution in [0.3, 0.4) is 0 Å². The van der Waals surface area contributed by atoms with E-state index in [1.54, 1.807) is 6.20 Å². The van der Waals surface area contributed by atoms with Gasteiger partial charge in [-0.15, -0.1) is 0 Å². The predicted molar refractivity (Wildman–Crippen MR) is 96.2 cm³/mol. The number of nitrogens with zero attached hydrogens (tertiary/aromatic N) is 1. The van der Waals surface area contributed by atoms with Gasteiger partial charge in [-0.05, 0) is 29.7 Å². The maximum atomic E-state index is 11.0. The molecule has 0 spiro atoms. The molecular formula is C20H20N2O3. The molecule has 0 fully saturated rings. The van der Waals surface area contributed by atoms with Crippen molar-refractivity contribution in [1.29, 1.82) is 0 Å². The largest absolute Gasteiger partial charge is 0.494 e. The first kappa shape index (κ1) is 16.8. The Kier molecular flexibility index (Phi) is 5.46. The molecule has 1 heterocycles. The highest BCUT2D eigenvalue weighted by Gasteiger charge is 2.03. The first-order chi connectivity index (χ1) is 12.3. The van der Waals surface area contributed by atoms with Gasteiger partial charge in [-0.2, -0.15) is 0 Å². The van der Waals surface area contributed by atoms with Crippen molar-refractivity contribution in [2.24, 2.45) is 0 Å². The minimum atomic E-state index is -0.211. The summed E-state index contributed by atoms with van der Waals surface area (Å²) >= 11 is 0. The molecule has 1 N–H and O–H groups in total. The zero-order valence-corrected chi connectivity index (χ0v) is 14.1. The Morgan fingerprint density at radius 3 is 2.24 bits per heavy atom. The van der Waals surface area contributed by atoms with Gasteiger partial charge in [0, 0.05) is 24.4 Å². The summed E-state index contributed by atoms with van der Waals surface area (Å²) in [5.41, 5.74) is 3.31. The monoisotopic (exact) mass is 336 g/mol. The van der Waals surface area contributed by atoms with Crippen molar-refractivity contribution in [3.8, 4) is 28.3 Å². The van der Waals surface area contributed by atoms with Crippen LogP contribution in [0.5, 0.6) is 5.75 Å². The Balaban J connectivity index is 1.57. The number of hydrogen-bond acceptors (Lipinski definition) is 4. The number of imidazole rings is 1. The summed E-state index contributed by atoms with van der Waals surface area (Å²) in [6.07, 6.45) is 4.57. The first-order valence-electron chi connectivity index (χ1n) is 8.16. The quantitative estimate of drug-likeness (QED) is 0.522. The average Bonchev–Trinajstić information content (AvgIpc) is 3.20. The zero-order valence-electron chi connectivity index (χ0n) is 14.1. The minimum absolute atomic E-state index is 0.211. The molecular weight excluding hydrogens is 316 g/mol. The third-order valence-corrected chi connectivity index (χ3v) is 3.87. The smallest absolute Gasteiger partial charge is 0.305 e. The van der Waals surface area contributed by atoms with Crippen molar-refractivity contribution in [1.82, 2.24) is 9.97 Å². The highest BCUT2D eigenvalue weighted by atomic mass is 16.5. The Morgan fingerprint density at radius 2 is 1.64 bits per heavy atom. The number of benzene rings is 2. The number of aromatic amines is 1. The first-order valence-corrected chi connectivity index (χ1v) is 8.16. The van der Waals surface area contributed by atoms with Gasteiger partial charge in [-0.1, -0.05) is 36.4 Å². The number of carbonyl (C=O) groups is 1. The standard InChI is InChI=1S/C20H20N2O3/c1-24-19(23)3-2-14-25-18-10-8-16(9-11-18)15-4-6-17(7-5-15)20-21-12-13-22-20/h4-13H,2-3,14H2,1H3,(H,21,22). The van der Waals surface area contributed by atoms with Crippen LogP contribution in [0.25, 0.3) is 22.5 Å². The van der Waals surface area contributed by atoms with Crippen LogP contribution >= 0.6 is 0 Å². The number of esters is 1. The molecule has 1 aromatic heterocycles. The van der Waals surface area contributed by atoms with Gasteiger partial charge >= 0.3 is 5.97 Å². The van der Waals surface area contributed by atoms with Gasteiger partial charge < -0.3 is 14.5 Å². The molecule has 5 nitrogen and oxygen atoms in total. The fourth-order valence-electron chi connectivity index (χ4n) is 2.50. The highest BCUT2D eigenvalue weighted by molar-refractivity contribution is 5.69. The molecule has 128 valence electrons. The summed E-state index contributed by atoms with van der Waals surface area (Å²) in [5, 5.41) is 0. The van der Waals surface area contributed by atoms with E-state index in [0.29, 0.717) is 19.4 Å². The highest BCUT2D eigenvalue weighted by Crippen LogP contribution is 2.25. The summed E-state index contributed by atoms with van der Waals surface area (Å²) in [6, 6.07) is 16.2. The van der Waals surface area contributed by atoms with E-state index >= 15 is 0 Å². The number of aromatic nitrogens is 2. The summed E-state index contributed by atoms with van der Waals surface area (Å²) in [5.74, 6) is 1.44. The van der Waals surface area contributed by atoms with Crippen molar-refractivity contribution in [2.75, 3.05) is 13.7 Å². The molecule has 5 heteroatoms. The maximum Gasteiger partial charge on any atom is 0.305 e. The van der Waals surface area contributed by atoms with Crippen molar-refractivity contribution in [2.45, 2.75) is 12.8 Å². The predicted octanol–water partition coefficient (Wildman–Crippen LogP) is 4.08. The molecule has 0 aliphatic rings. The Morgan fingerprint density at radius 1 is 1.00 bits per heavy atom. The van der Waals surface area contributed by atoms with Crippen LogP contribution in [-0.2, 0) is 9.53 Å². The van der Waals surface area contributed by atoms with Gasteiger partial charge in [0.25, 0.3) is 0 Å². The van der Waals surface area contributed by atoms with E-state index in [1.165, 1.54) is 7.11 Å². The minimum Gasteiger partial charge on any atom is -0.494 e. The number of nitrogens with one attached hydrogen (secondary N) is 1. The van der Waals surface area contributed by atoms with E-state index in [-0.39, 0.29) is 5.97 Å².